The highest BCUT2D eigenvalue weighted by Crippen LogP contribution is 2.11. The van der Waals surface area contributed by atoms with Crippen LogP contribution in [0.25, 0.3) is 0 Å². The van der Waals surface area contributed by atoms with E-state index >= 15 is 0 Å². The minimum absolute atomic E-state index is 0.144. The number of hydrogen-bond acceptors (Lipinski definition) is 3. The van der Waals surface area contributed by atoms with E-state index < -0.39 is 10.0 Å². The zero-order chi connectivity index (χ0) is 14.5. The first-order valence-electron chi connectivity index (χ1n) is 6.18. The van der Waals surface area contributed by atoms with Crippen molar-refractivity contribution in [2.75, 3.05) is 26.5 Å². The van der Waals surface area contributed by atoms with Gasteiger partial charge in [-0.1, -0.05) is 12.1 Å². The summed E-state index contributed by atoms with van der Waals surface area (Å²) in [7, 11) is 0.403. The standard InChI is InChI=1S/C13H21ClN2O2S/c1-11(16(2)3)10-15-19(17,18)13-6-4-12(5-7-13)8-9-14/h4-7,11,15H,8-10H2,1-3H3. The van der Waals surface area contributed by atoms with E-state index in [-0.39, 0.29) is 10.9 Å². The van der Waals surface area contributed by atoms with Crippen molar-refractivity contribution in [3.05, 3.63) is 29.8 Å². The van der Waals surface area contributed by atoms with Crippen molar-refractivity contribution in [2.24, 2.45) is 0 Å². The van der Waals surface area contributed by atoms with E-state index in [1.54, 1.807) is 24.3 Å². The fourth-order valence-electron chi connectivity index (χ4n) is 1.44. The Bertz CT molecular complexity index is 486. The molecule has 0 aromatic heterocycles. The summed E-state index contributed by atoms with van der Waals surface area (Å²) in [6.45, 7) is 2.35. The van der Waals surface area contributed by atoms with Crippen molar-refractivity contribution in [3.8, 4) is 0 Å². The zero-order valence-corrected chi connectivity index (χ0v) is 13.1. The summed E-state index contributed by atoms with van der Waals surface area (Å²) in [5.74, 6) is 0.532. The highest BCUT2D eigenvalue weighted by Gasteiger charge is 2.15. The van der Waals surface area contributed by atoms with Gasteiger partial charge in [-0.25, -0.2) is 13.1 Å². The normalized spacial score (nSPS) is 13.7. The van der Waals surface area contributed by atoms with Crippen molar-refractivity contribution < 1.29 is 8.42 Å². The molecule has 0 aliphatic carbocycles. The fraction of sp³-hybridized carbons (Fsp3) is 0.538. The highest BCUT2D eigenvalue weighted by atomic mass is 35.5. The second kappa shape index (κ2) is 7.24. The molecule has 0 spiro atoms. The number of nitrogens with zero attached hydrogens (tertiary/aromatic N) is 1. The molecule has 1 unspecified atom stereocenters. The number of hydrogen-bond donors (Lipinski definition) is 1. The third kappa shape index (κ3) is 5.10. The third-order valence-corrected chi connectivity index (χ3v) is 4.70. The molecule has 19 heavy (non-hydrogen) atoms. The van der Waals surface area contributed by atoms with Gasteiger partial charge in [-0.3, -0.25) is 0 Å². The van der Waals surface area contributed by atoms with Crippen LogP contribution in [-0.4, -0.2) is 45.9 Å². The molecule has 0 aliphatic heterocycles. The van der Waals surface area contributed by atoms with E-state index in [2.05, 4.69) is 4.72 Å². The molecule has 0 bridgehead atoms. The summed E-state index contributed by atoms with van der Waals surface area (Å²) >= 11 is 5.64. The van der Waals surface area contributed by atoms with Crippen molar-refractivity contribution >= 4 is 21.6 Å². The average Bonchev–Trinajstić information content (AvgIpc) is 2.37. The van der Waals surface area contributed by atoms with Crippen LogP contribution >= 0.6 is 11.6 Å². The van der Waals surface area contributed by atoms with Crippen LogP contribution in [-0.2, 0) is 16.4 Å². The molecule has 1 rings (SSSR count). The molecular formula is C13H21ClN2O2S. The Kier molecular flexibility index (Phi) is 6.26. The van der Waals surface area contributed by atoms with Crippen LogP contribution in [0.15, 0.2) is 29.2 Å². The summed E-state index contributed by atoms with van der Waals surface area (Å²) in [4.78, 5) is 2.25. The number of benzene rings is 1. The number of alkyl halides is 1. The Hall–Kier alpha value is -0.620. The average molecular weight is 305 g/mol. The lowest BCUT2D eigenvalue weighted by Gasteiger charge is -2.20. The predicted molar refractivity (Wildman–Crippen MR) is 79.2 cm³/mol. The molecule has 0 radical (unpaired) electrons. The lowest BCUT2D eigenvalue weighted by Crippen LogP contribution is -2.38. The number of rotatable bonds is 7. The molecule has 0 amide bonds. The molecule has 1 aromatic carbocycles. The predicted octanol–water partition coefficient (Wildman–Crippen LogP) is 1.70. The van der Waals surface area contributed by atoms with Crippen molar-refractivity contribution in [1.29, 1.82) is 0 Å². The summed E-state index contributed by atoms with van der Waals surface area (Å²) in [6, 6.07) is 6.97. The van der Waals surface area contributed by atoms with Gasteiger partial charge in [0.1, 0.15) is 0 Å². The lowest BCUT2D eigenvalue weighted by atomic mass is 10.2. The van der Waals surface area contributed by atoms with E-state index in [4.69, 9.17) is 11.6 Å². The van der Waals surface area contributed by atoms with Gasteiger partial charge in [-0.15, -0.1) is 11.6 Å². The van der Waals surface area contributed by atoms with E-state index in [9.17, 15) is 8.42 Å². The van der Waals surface area contributed by atoms with Gasteiger partial charge in [-0.05, 0) is 45.1 Å². The third-order valence-electron chi connectivity index (χ3n) is 3.07. The van der Waals surface area contributed by atoms with Crippen LogP contribution < -0.4 is 4.72 Å². The second-order valence-electron chi connectivity index (χ2n) is 4.75. The van der Waals surface area contributed by atoms with E-state index in [0.29, 0.717) is 12.4 Å². The molecule has 1 N–H and O–H groups in total. The molecule has 0 fully saturated rings. The maximum atomic E-state index is 12.1. The molecule has 1 atom stereocenters. The lowest BCUT2D eigenvalue weighted by molar-refractivity contribution is 0.314. The maximum absolute atomic E-state index is 12.1. The second-order valence-corrected chi connectivity index (χ2v) is 6.89. The summed E-state index contributed by atoms with van der Waals surface area (Å²) < 4.78 is 26.8. The molecular weight excluding hydrogens is 284 g/mol. The van der Waals surface area contributed by atoms with Gasteiger partial charge in [0.05, 0.1) is 4.90 Å². The molecule has 0 saturated carbocycles. The monoisotopic (exact) mass is 304 g/mol. The van der Waals surface area contributed by atoms with Crippen LogP contribution in [0.2, 0.25) is 0 Å². The Morgan fingerprint density at radius 3 is 2.32 bits per heavy atom. The molecule has 0 aliphatic rings. The summed E-state index contributed by atoms with van der Waals surface area (Å²) in [5.41, 5.74) is 1.04. The van der Waals surface area contributed by atoms with Crippen LogP contribution in [0, 0.1) is 0 Å². The van der Waals surface area contributed by atoms with Crippen LogP contribution in [0.1, 0.15) is 12.5 Å². The van der Waals surface area contributed by atoms with E-state index in [1.807, 2.05) is 25.9 Å². The molecule has 0 saturated heterocycles. The number of halogens is 1. The molecule has 0 heterocycles. The van der Waals surface area contributed by atoms with Crippen molar-refractivity contribution in [2.45, 2.75) is 24.3 Å². The quantitative estimate of drug-likeness (QED) is 0.780. The first-order valence-corrected chi connectivity index (χ1v) is 8.19. The van der Waals surface area contributed by atoms with Gasteiger partial charge in [0.15, 0.2) is 0 Å². The number of nitrogens with one attached hydrogen (secondary N) is 1. The molecule has 4 nitrogen and oxygen atoms in total. The van der Waals surface area contributed by atoms with E-state index in [1.165, 1.54) is 0 Å². The highest BCUT2D eigenvalue weighted by molar-refractivity contribution is 7.89. The minimum atomic E-state index is -3.43. The zero-order valence-electron chi connectivity index (χ0n) is 11.6. The van der Waals surface area contributed by atoms with Gasteiger partial charge >= 0.3 is 0 Å². The summed E-state index contributed by atoms with van der Waals surface area (Å²) in [5, 5.41) is 0. The largest absolute Gasteiger partial charge is 0.305 e. The fourth-order valence-corrected chi connectivity index (χ4v) is 2.78. The van der Waals surface area contributed by atoms with Crippen LogP contribution in [0.4, 0.5) is 0 Å². The molecule has 1 aromatic rings. The van der Waals surface area contributed by atoms with Gasteiger partial charge in [0.2, 0.25) is 10.0 Å². The van der Waals surface area contributed by atoms with Gasteiger partial charge < -0.3 is 4.90 Å². The van der Waals surface area contributed by atoms with Gasteiger partial charge in [-0.2, -0.15) is 0 Å². The number of likely N-dealkylation sites (N-methyl/N-ethyl adjacent to an activating group) is 1. The van der Waals surface area contributed by atoms with Gasteiger partial charge in [0.25, 0.3) is 0 Å². The molecule has 108 valence electrons. The van der Waals surface area contributed by atoms with Crippen LogP contribution in [0.3, 0.4) is 0 Å². The SMILES string of the molecule is CC(CNS(=O)(=O)c1ccc(CCCl)cc1)N(C)C. The number of aryl methyl sites for hydroxylation is 1. The Morgan fingerprint density at radius 2 is 1.84 bits per heavy atom. The Morgan fingerprint density at radius 1 is 1.26 bits per heavy atom. The van der Waals surface area contributed by atoms with Gasteiger partial charge in [0, 0.05) is 18.5 Å². The van der Waals surface area contributed by atoms with Crippen molar-refractivity contribution in [3.63, 3.8) is 0 Å². The first-order chi connectivity index (χ1) is 8.86. The Balaban J connectivity index is 2.71. The minimum Gasteiger partial charge on any atom is -0.305 e. The maximum Gasteiger partial charge on any atom is 0.240 e. The van der Waals surface area contributed by atoms with Crippen molar-refractivity contribution in [1.82, 2.24) is 9.62 Å². The molecule has 6 heteroatoms. The van der Waals surface area contributed by atoms with E-state index in [0.717, 1.165) is 12.0 Å². The van der Waals surface area contributed by atoms with Crippen LogP contribution in [0.5, 0.6) is 0 Å². The summed E-state index contributed by atoms with van der Waals surface area (Å²) in [6.07, 6.45) is 0.743. The first kappa shape index (κ1) is 16.4. The topological polar surface area (TPSA) is 49.4 Å². The number of sulfonamides is 1. The Labute approximate surface area is 120 Å². The smallest absolute Gasteiger partial charge is 0.240 e.